The molecule has 0 saturated heterocycles. The van der Waals surface area contributed by atoms with Gasteiger partial charge in [-0.25, -0.2) is 0 Å². The lowest BCUT2D eigenvalue weighted by atomic mass is 9.98. The van der Waals surface area contributed by atoms with E-state index >= 15 is 0 Å². The third-order valence-corrected chi connectivity index (χ3v) is 3.44. The molecule has 0 amide bonds. The SMILES string of the molecule is COCC(C(=O)c1ccccc1)c1nnn(-c2ccccc2)n1. The van der Waals surface area contributed by atoms with Crippen LogP contribution in [0.15, 0.2) is 60.7 Å². The summed E-state index contributed by atoms with van der Waals surface area (Å²) in [7, 11) is 1.55. The number of ketones is 1. The molecule has 0 aliphatic carbocycles. The Balaban J connectivity index is 1.90. The summed E-state index contributed by atoms with van der Waals surface area (Å²) >= 11 is 0. The third kappa shape index (κ3) is 3.32. The quantitative estimate of drug-likeness (QED) is 0.653. The predicted molar refractivity (Wildman–Crippen MR) is 84.5 cm³/mol. The predicted octanol–water partition coefficient (Wildman–Crippen LogP) is 2.28. The van der Waals surface area contributed by atoms with E-state index in [2.05, 4.69) is 15.4 Å². The van der Waals surface area contributed by atoms with Crippen LogP contribution in [0, 0.1) is 0 Å². The summed E-state index contributed by atoms with van der Waals surface area (Å²) in [5, 5.41) is 12.4. The van der Waals surface area contributed by atoms with Gasteiger partial charge in [0, 0.05) is 12.7 Å². The monoisotopic (exact) mass is 308 g/mol. The Hall–Kier alpha value is -2.86. The number of para-hydroxylation sites is 1. The van der Waals surface area contributed by atoms with Crippen LogP contribution in [0.1, 0.15) is 22.1 Å². The molecule has 0 bridgehead atoms. The van der Waals surface area contributed by atoms with Gasteiger partial charge in [0.15, 0.2) is 11.6 Å². The number of aromatic nitrogens is 4. The molecule has 6 nitrogen and oxygen atoms in total. The van der Waals surface area contributed by atoms with Crippen molar-refractivity contribution < 1.29 is 9.53 Å². The van der Waals surface area contributed by atoms with Crippen LogP contribution in [0.25, 0.3) is 5.69 Å². The number of nitrogens with zero attached hydrogens (tertiary/aromatic N) is 4. The van der Waals surface area contributed by atoms with Crippen LogP contribution in [0.3, 0.4) is 0 Å². The van der Waals surface area contributed by atoms with Crippen molar-refractivity contribution in [3.8, 4) is 5.69 Å². The summed E-state index contributed by atoms with van der Waals surface area (Å²) < 4.78 is 5.18. The molecular weight excluding hydrogens is 292 g/mol. The smallest absolute Gasteiger partial charge is 0.188 e. The van der Waals surface area contributed by atoms with Gasteiger partial charge < -0.3 is 4.74 Å². The van der Waals surface area contributed by atoms with Gasteiger partial charge in [0.05, 0.1) is 12.3 Å². The Labute approximate surface area is 133 Å². The van der Waals surface area contributed by atoms with Crippen molar-refractivity contribution >= 4 is 5.78 Å². The van der Waals surface area contributed by atoms with Crippen LogP contribution >= 0.6 is 0 Å². The number of Topliss-reactive ketones (excluding diaryl/α,β-unsaturated/α-hetero) is 1. The van der Waals surface area contributed by atoms with E-state index in [9.17, 15) is 4.79 Å². The molecular formula is C17H16N4O2. The second-order valence-corrected chi connectivity index (χ2v) is 5.01. The van der Waals surface area contributed by atoms with Crippen molar-refractivity contribution in [1.82, 2.24) is 20.2 Å². The minimum Gasteiger partial charge on any atom is -0.383 e. The van der Waals surface area contributed by atoms with Crippen LogP contribution in [-0.4, -0.2) is 39.7 Å². The first-order chi connectivity index (χ1) is 11.3. The minimum absolute atomic E-state index is 0.0833. The van der Waals surface area contributed by atoms with E-state index in [1.807, 2.05) is 48.5 Å². The highest BCUT2D eigenvalue weighted by Crippen LogP contribution is 2.18. The highest BCUT2D eigenvalue weighted by Gasteiger charge is 2.26. The Bertz CT molecular complexity index is 772. The number of carbonyl (C=O) groups is 1. The van der Waals surface area contributed by atoms with E-state index in [-0.39, 0.29) is 12.4 Å². The van der Waals surface area contributed by atoms with Crippen molar-refractivity contribution in [2.75, 3.05) is 13.7 Å². The van der Waals surface area contributed by atoms with Gasteiger partial charge in [-0.05, 0) is 17.3 Å². The Kier molecular flexibility index (Phi) is 4.54. The number of tetrazole rings is 1. The van der Waals surface area contributed by atoms with Crippen LogP contribution in [-0.2, 0) is 4.74 Å². The maximum atomic E-state index is 12.7. The van der Waals surface area contributed by atoms with Crippen molar-refractivity contribution in [3.05, 3.63) is 72.1 Å². The molecule has 23 heavy (non-hydrogen) atoms. The fourth-order valence-electron chi connectivity index (χ4n) is 2.27. The average Bonchev–Trinajstić information content (AvgIpc) is 3.10. The van der Waals surface area contributed by atoms with Gasteiger partial charge >= 0.3 is 0 Å². The van der Waals surface area contributed by atoms with Crippen LogP contribution < -0.4 is 0 Å². The maximum Gasteiger partial charge on any atom is 0.188 e. The molecule has 0 fully saturated rings. The number of carbonyl (C=O) groups excluding carboxylic acids is 1. The topological polar surface area (TPSA) is 69.9 Å². The second kappa shape index (κ2) is 6.93. The fourth-order valence-corrected chi connectivity index (χ4v) is 2.27. The molecule has 0 radical (unpaired) electrons. The molecule has 1 unspecified atom stereocenters. The van der Waals surface area contributed by atoms with E-state index in [1.54, 1.807) is 19.2 Å². The summed E-state index contributed by atoms with van der Waals surface area (Å²) in [6.45, 7) is 0.203. The first kappa shape index (κ1) is 15.1. The standard InChI is InChI=1S/C17H16N4O2/c1-23-12-15(16(22)13-8-4-2-5-9-13)17-18-20-21(19-17)14-10-6-3-7-11-14/h2-11,15H,12H2,1H3. The Morgan fingerprint density at radius 2 is 1.74 bits per heavy atom. The van der Waals surface area contributed by atoms with Gasteiger partial charge in [0.2, 0.25) is 0 Å². The zero-order valence-electron chi connectivity index (χ0n) is 12.7. The first-order valence-electron chi connectivity index (χ1n) is 7.23. The van der Waals surface area contributed by atoms with Crippen LogP contribution in [0.2, 0.25) is 0 Å². The van der Waals surface area contributed by atoms with Crippen molar-refractivity contribution in [1.29, 1.82) is 0 Å². The lowest BCUT2D eigenvalue weighted by Gasteiger charge is -2.10. The number of benzene rings is 2. The number of methoxy groups -OCH3 is 1. The summed E-state index contributed by atoms with van der Waals surface area (Å²) in [5.41, 5.74) is 1.39. The number of hydrogen-bond donors (Lipinski definition) is 0. The first-order valence-corrected chi connectivity index (χ1v) is 7.23. The van der Waals surface area contributed by atoms with Gasteiger partial charge in [-0.2, -0.15) is 0 Å². The average molecular weight is 308 g/mol. The van der Waals surface area contributed by atoms with Crippen molar-refractivity contribution in [2.24, 2.45) is 0 Å². The van der Waals surface area contributed by atoms with Gasteiger partial charge in [-0.15, -0.1) is 15.0 Å². The summed E-state index contributed by atoms with van der Waals surface area (Å²) in [5.74, 6) is -0.315. The molecule has 6 heteroatoms. The molecule has 0 aliphatic rings. The number of ether oxygens (including phenoxy) is 1. The molecule has 3 rings (SSSR count). The number of hydrogen-bond acceptors (Lipinski definition) is 5. The fraction of sp³-hybridized carbons (Fsp3) is 0.176. The maximum absolute atomic E-state index is 12.7. The molecule has 2 aromatic carbocycles. The van der Waals surface area contributed by atoms with Crippen molar-refractivity contribution in [2.45, 2.75) is 5.92 Å². The molecule has 0 spiro atoms. The molecule has 1 heterocycles. The molecule has 0 aliphatic heterocycles. The van der Waals surface area contributed by atoms with Crippen LogP contribution in [0.4, 0.5) is 0 Å². The zero-order chi connectivity index (χ0) is 16.1. The zero-order valence-corrected chi connectivity index (χ0v) is 12.7. The normalized spacial score (nSPS) is 12.0. The molecule has 1 aromatic heterocycles. The summed E-state index contributed by atoms with van der Waals surface area (Å²) in [4.78, 5) is 14.1. The molecule has 3 aromatic rings. The summed E-state index contributed by atoms with van der Waals surface area (Å²) in [6, 6.07) is 18.5. The van der Waals surface area contributed by atoms with E-state index in [4.69, 9.17) is 4.74 Å². The molecule has 1 atom stereocenters. The van der Waals surface area contributed by atoms with Crippen molar-refractivity contribution in [3.63, 3.8) is 0 Å². The largest absolute Gasteiger partial charge is 0.383 e. The second-order valence-electron chi connectivity index (χ2n) is 5.01. The summed E-state index contributed by atoms with van der Waals surface area (Å²) in [6.07, 6.45) is 0. The minimum atomic E-state index is -0.583. The van der Waals surface area contributed by atoms with E-state index in [1.165, 1.54) is 4.80 Å². The van der Waals surface area contributed by atoms with Gasteiger partial charge in [0.25, 0.3) is 0 Å². The Morgan fingerprint density at radius 3 is 2.39 bits per heavy atom. The Morgan fingerprint density at radius 1 is 1.09 bits per heavy atom. The molecule has 116 valence electrons. The number of rotatable bonds is 6. The van der Waals surface area contributed by atoms with Gasteiger partial charge in [0.1, 0.15) is 5.92 Å². The lowest BCUT2D eigenvalue weighted by Crippen LogP contribution is -2.19. The molecule has 0 N–H and O–H groups in total. The van der Waals surface area contributed by atoms with Gasteiger partial charge in [-0.3, -0.25) is 4.79 Å². The third-order valence-electron chi connectivity index (χ3n) is 3.44. The van der Waals surface area contributed by atoms with E-state index in [0.29, 0.717) is 11.4 Å². The van der Waals surface area contributed by atoms with Gasteiger partial charge in [-0.1, -0.05) is 48.5 Å². The highest BCUT2D eigenvalue weighted by molar-refractivity contribution is 6.00. The van der Waals surface area contributed by atoms with E-state index < -0.39 is 5.92 Å². The highest BCUT2D eigenvalue weighted by atomic mass is 16.5. The van der Waals surface area contributed by atoms with E-state index in [0.717, 1.165) is 5.69 Å². The lowest BCUT2D eigenvalue weighted by molar-refractivity contribution is 0.0881. The molecule has 0 saturated carbocycles. The van der Waals surface area contributed by atoms with Crippen LogP contribution in [0.5, 0.6) is 0 Å².